The minimum Gasteiger partial charge on any atom is -0.289 e. The van der Waals surface area contributed by atoms with Crippen molar-refractivity contribution in [2.45, 2.75) is 0 Å². The molecule has 0 aromatic heterocycles. The molecular weight excluding hydrogens is 260 g/mol. The summed E-state index contributed by atoms with van der Waals surface area (Å²) in [5.41, 5.74) is 0.964. The number of hydrogen-bond donors (Lipinski definition) is 0. The number of ketones is 2. The molecule has 19 heavy (non-hydrogen) atoms. The van der Waals surface area contributed by atoms with Crippen molar-refractivity contribution in [3.63, 3.8) is 0 Å². The molecule has 0 unspecified atom stereocenters. The SMILES string of the molecule is O=C(/C=C(\Cl)C(=O)c1ccccc1)c1ccccc1. The molecule has 0 fully saturated rings. The zero-order valence-corrected chi connectivity index (χ0v) is 10.8. The summed E-state index contributed by atoms with van der Waals surface area (Å²) in [6.07, 6.45) is 1.16. The number of hydrogen-bond acceptors (Lipinski definition) is 2. The Morgan fingerprint density at radius 1 is 0.789 bits per heavy atom. The van der Waals surface area contributed by atoms with Crippen molar-refractivity contribution in [3.8, 4) is 0 Å². The Hall–Kier alpha value is -2.19. The van der Waals surface area contributed by atoms with Crippen LogP contribution in [0.25, 0.3) is 0 Å². The summed E-state index contributed by atoms with van der Waals surface area (Å²) in [5.74, 6) is -0.638. The minimum atomic E-state index is -0.355. The molecule has 0 bridgehead atoms. The van der Waals surface area contributed by atoms with Crippen LogP contribution >= 0.6 is 11.6 Å². The van der Waals surface area contributed by atoms with Gasteiger partial charge in [0, 0.05) is 17.2 Å². The van der Waals surface area contributed by atoms with Gasteiger partial charge in [-0.2, -0.15) is 0 Å². The lowest BCUT2D eigenvalue weighted by atomic mass is 10.1. The van der Waals surface area contributed by atoms with Gasteiger partial charge < -0.3 is 0 Å². The lowest BCUT2D eigenvalue weighted by molar-refractivity contribution is 0.101. The highest BCUT2D eigenvalue weighted by atomic mass is 35.5. The van der Waals surface area contributed by atoms with Crippen LogP contribution in [0.1, 0.15) is 20.7 Å². The van der Waals surface area contributed by atoms with Crippen LogP contribution in [0.15, 0.2) is 71.8 Å². The number of Topliss-reactive ketones (excluding diaryl/α,β-unsaturated/α-hetero) is 1. The van der Waals surface area contributed by atoms with Gasteiger partial charge in [-0.25, -0.2) is 0 Å². The molecule has 0 saturated carbocycles. The first kappa shape index (κ1) is 13.2. The van der Waals surface area contributed by atoms with E-state index in [9.17, 15) is 9.59 Å². The van der Waals surface area contributed by atoms with Crippen molar-refractivity contribution in [1.82, 2.24) is 0 Å². The van der Waals surface area contributed by atoms with Crippen LogP contribution < -0.4 is 0 Å². The molecule has 94 valence electrons. The van der Waals surface area contributed by atoms with Crippen molar-refractivity contribution in [1.29, 1.82) is 0 Å². The Kier molecular flexibility index (Phi) is 4.26. The predicted octanol–water partition coefficient (Wildman–Crippen LogP) is 3.87. The summed E-state index contributed by atoms with van der Waals surface area (Å²) in [6, 6.07) is 17.3. The Labute approximate surface area is 116 Å². The van der Waals surface area contributed by atoms with Crippen LogP contribution in [0, 0.1) is 0 Å². The fourth-order valence-corrected chi connectivity index (χ4v) is 1.80. The van der Waals surface area contributed by atoms with Crippen LogP contribution in [-0.2, 0) is 0 Å². The molecule has 0 saturated heterocycles. The van der Waals surface area contributed by atoms with E-state index in [2.05, 4.69) is 0 Å². The Morgan fingerprint density at radius 2 is 1.26 bits per heavy atom. The lowest BCUT2D eigenvalue weighted by Gasteiger charge is -1.99. The number of halogens is 1. The van der Waals surface area contributed by atoms with Gasteiger partial charge in [-0.3, -0.25) is 9.59 Å². The fourth-order valence-electron chi connectivity index (χ4n) is 1.59. The first-order valence-electron chi connectivity index (χ1n) is 5.75. The molecule has 2 aromatic rings. The first-order chi connectivity index (χ1) is 9.18. The van der Waals surface area contributed by atoms with Gasteiger partial charge in [-0.15, -0.1) is 0 Å². The van der Waals surface area contributed by atoms with E-state index < -0.39 is 0 Å². The molecule has 0 atom stereocenters. The normalized spacial score (nSPS) is 11.1. The first-order valence-corrected chi connectivity index (χ1v) is 6.12. The van der Waals surface area contributed by atoms with Gasteiger partial charge in [0.15, 0.2) is 5.78 Å². The molecule has 0 amide bonds. The van der Waals surface area contributed by atoms with Crippen LogP contribution in [0.5, 0.6) is 0 Å². The summed E-state index contributed by atoms with van der Waals surface area (Å²) >= 11 is 5.90. The van der Waals surface area contributed by atoms with E-state index in [-0.39, 0.29) is 16.6 Å². The van der Waals surface area contributed by atoms with Gasteiger partial charge in [0.2, 0.25) is 5.78 Å². The third-order valence-corrected chi connectivity index (χ3v) is 2.85. The summed E-state index contributed by atoms with van der Waals surface area (Å²) < 4.78 is 0. The topological polar surface area (TPSA) is 34.1 Å². The molecule has 0 radical (unpaired) electrons. The minimum absolute atomic E-state index is 0.0833. The Bertz CT molecular complexity index is 616. The van der Waals surface area contributed by atoms with Crippen LogP contribution in [0.3, 0.4) is 0 Å². The molecule has 0 aliphatic heterocycles. The maximum atomic E-state index is 12.0. The summed E-state index contributed by atoms with van der Waals surface area (Å²) in [7, 11) is 0. The summed E-state index contributed by atoms with van der Waals surface area (Å²) in [4.78, 5) is 23.8. The van der Waals surface area contributed by atoms with E-state index >= 15 is 0 Å². The molecule has 0 aliphatic rings. The smallest absolute Gasteiger partial charge is 0.204 e. The third-order valence-electron chi connectivity index (χ3n) is 2.57. The Morgan fingerprint density at radius 3 is 1.79 bits per heavy atom. The number of carbonyl (C=O) groups is 2. The highest BCUT2D eigenvalue weighted by Gasteiger charge is 2.12. The van der Waals surface area contributed by atoms with Gasteiger partial charge in [0.1, 0.15) is 0 Å². The quantitative estimate of drug-likeness (QED) is 0.624. The molecule has 2 aromatic carbocycles. The zero-order valence-electron chi connectivity index (χ0n) is 10.0. The maximum absolute atomic E-state index is 12.0. The van der Waals surface area contributed by atoms with Gasteiger partial charge in [0.05, 0.1) is 5.03 Å². The van der Waals surface area contributed by atoms with Crippen molar-refractivity contribution >= 4 is 23.2 Å². The van der Waals surface area contributed by atoms with E-state index in [4.69, 9.17) is 11.6 Å². The largest absolute Gasteiger partial charge is 0.289 e. The van der Waals surface area contributed by atoms with Crippen molar-refractivity contribution in [3.05, 3.63) is 82.9 Å². The molecule has 0 spiro atoms. The average Bonchev–Trinajstić information content (AvgIpc) is 2.48. The summed E-state index contributed by atoms with van der Waals surface area (Å²) in [5, 5.41) is -0.0833. The number of allylic oxidation sites excluding steroid dienone is 2. The van der Waals surface area contributed by atoms with E-state index in [1.807, 2.05) is 12.1 Å². The van der Waals surface area contributed by atoms with Crippen LogP contribution in [-0.4, -0.2) is 11.6 Å². The maximum Gasteiger partial charge on any atom is 0.204 e. The molecule has 2 rings (SSSR count). The van der Waals surface area contributed by atoms with Gasteiger partial charge in [-0.1, -0.05) is 72.3 Å². The number of benzene rings is 2. The third kappa shape index (κ3) is 3.39. The van der Waals surface area contributed by atoms with E-state index in [1.54, 1.807) is 48.5 Å². The van der Waals surface area contributed by atoms with Crippen LogP contribution in [0.2, 0.25) is 0 Å². The van der Waals surface area contributed by atoms with Gasteiger partial charge >= 0.3 is 0 Å². The van der Waals surface area contributed by atoms with Gasteiger partial charge in [0.25, 0.3) is 0 Å². The Balaban J connectivity index is 2.20. The second-order valence-electron chi connectivity index (χ2n) is 3.92. The average molecular weight is 271 g/mol. The van der Waals surface area contributed by atoms with Crippen LogP contribution in [0.4, 0.5) is 0 Å². The fraction of sp³-hybridized carbons (Fsp3) is 0. The second-order valence-corrected chi connectivity index (χ2v) is 4.32. The zero-order chi connectivity index (χ0) is 13.7. The number of carbonyl (C=O) groups excluding carboxylic acids is 2. The molecule has 0 N–H and O–H groups in total. The highest BCUT2D eigenvalue weighted by molar-refractivity contribution is 6.46. The molecular formula is C16H11ClO2. The van der Waals surface area contributed by atoms with Crippen molar-refractivity contribution in [2.75, 3.05) is 0 Å². The lowest BCUT2D eigenvalue weighted by Crippen LogP contribution is -2.02. The van der Waals surface area contributed by atoms with E-state index in [0.29, 0.717) is 11.1 Å². The standard InChI is InChI=1S/C16H11ClO2/c17-14(16(19)13-9-5-2-6-10-13)11-15(18)12-7-3-1-4-8-12/h1-11H/b14-11-. The second kappa shape index (κ2) is 6.12. The molecule has 3 heteroatoms. The van der Waals surface area contributed by atoms with E-state index in [0.717, 1.165) is 6.08 Å². The molecule has 2 nitrogen and oxygen atoms in total. The van der Waals surface area contributed by atoms with E-state index in [1.165, 1.54) is 0 Å². The predicted molar refractivity (Wildman–Crippen MR) is 75.5 cm³/mol. The number of rotatable bonds is 4. The highest BCUT2D eigenvalue weighted by Crippen LogP contribution is 2.13. The monoisotopic (exact) mass is 270 g/mol. The van der Waals surface area contributed by atoms with Gasteiger partial charge in [-0.05, 0) is 0 Å². The summed E-state index contributed by atoms with van der Waals surface area (Å²) in [6.45, 7) is 0. The van der Waals surface area contributed by atoms with Crippen molar-refractivity contribution < 1.29 is 9.59 Å². The van der Waals surface area contributed by atoms with Crippen molar-refractivity contribution in [2.24, 2.45) is 0 Å². The molecule has 0 heterocycles. The molecule has 0 aliphatic carbocycles.